The van der Waals surface area contributed by atoms with Crippen LogP contribution in [-0.4, -0.2) is 35.4 Å². The van der Waals surface area contributed by atoms with Crippen LogP contribution in [0.2, 0.25) is 0 Å². The molecule has 0 aliphatic heterocycles. The molecule has 3 nitrogen and oxygen atoms in total. The molecule has 0 radical (unpaired) electrons. The van der Waals surface area contributed by atoms with Crippen LogP contribution in [0.1, 0.15) is 13.3 Å². The number of halogens is 1. The minimum absolute atomic E-state index is 0.377. The highest BCUT2D eigenvalue weighted by atomic mass is 79.9. The van der Waals surface area contributed by atoms with Gasteiger partial charge in [0.25, 0.3) is 0 Å². The van der Waals surface area contributed by atoms with E-state index in [1.165, 1.54) is 0 Å². The highest BCUT2D eigenvalue weighted by Gasteiger charge is 2.02. The fourth-order valence-electron chi connectivity index (χ4n) is 1.45. The maximum Gasteiger partial charge on any atom is 0.119 e. The van der Waals surface area contributed by atoms with Crippen LogP contribution in [0.15, 0.2) is 28.7 Å². The van der Waals surface area contributed by atoms with Crippen molar-refractivity contribution < 1.29 is 8.95 Å². The summed E-state index contributed by atoms with van der Waals surface area (Å²) in [6.07, 6.45) is 2.67. The molecule has 1 N–H and O–H groups in total. The van der Waals surface area contributed by atoms with Crippen LogP contribution >= 0.6 is 15.9 Å². The van der Waals surface area contributed by atoms with Crippen molar-refractivity contribution in [1.29, 1.82) is 0 Å². The summed E-state index contributed by atoms with van der Waals surface area (Å²) in [5.74, 6) is 1.63. The van der Waals surface area contributed by atoms with Crippen LogP contribution < -0.4 is 10.1 Å². The summed E-state index contributed by atoms with van der Waals surface area (Å²) >= 11 is 3.38. The van der Waals surface area contributed by atoms with E-state index in [0.29, 0.717) is 12.6 Å². The molecule has 0 aromatic heterocycles. The van der Waals surface area contributed by atoms with Gasteiger partial charge in [0, 0.05) is 39.9 Å². The van der Waals surface area contributed by atoms with Crippen molar-refractivity contribution in [2.24, 2.45) is 0 Å². The molecule has 0 amide bonds. The van der Waals surface area contributed by atoms with Crippen molar-refractivity contribution in [1.82, 2.24) is 5.32 Å². The third-order valence-electron chi connectivity index (χ3n) is 2.52. The first kappa shape index (κ1) is 15.7. The van der Waals surface area contributed by atoms with Gasteiger partial charge in [-0.15, -0.1) is 0 Å². The third-order valence-corrected chi connectivity index (χ3v) is 3.85. The van der Waals surface area contributed by atoms with Gasteiger partial charge >= 0.3 is 0 Å². The van der Waals surface area contributed by atoms with Gasteiger partial charge in [-0.25, -0.2) is 0 Å². The molecular formula is C13H20BrNO2S. The molecule has 0 fully saturated rings. The Morgan fingerprint density at radius 3 is 2.67 bits per heavy atom. The molecule has 0 saturated carbocycles. The van der Waals surface area contributed by atoms with Gasteiger partial charge in [0.15, 0.2) is 0 Å². The Hall–Kier alpha value is -0.390. The molecule has 0 bridgehead atoms. The number of benzene rings is 1. The second-order valence-electron chi connectivity index (χ2n) is 4.22. The molecule has 2 atom stereocenters. The number of ether oxygens (including phenoxy) is 1. The maximum absolute atomic E-state index is 10.9. The summed E-state index contributed by atoms with van der Waals surface area (Å²) in [4.78, 5) is 0. The predicted molar refractivity (Wildman–Crippen MR) is 80.7 cm³/mol. The Balaban J connectivity index is 2.11. The van der Waals surface area contributed by atoms with E-state index in [4.69, 9.17) is 4.74 Å². The first-order valence-electron chi connectivity index (χ1n) is 5.99. The first-order valence-corrected chi connectivity index (χ1v) is 8.51. The average molecular weight is 334 g/mol. The van der Waals surface area contributed by atoms with E-state index < -0.39 is 10.8 Å². The van der Waals surface area contributed by atoms with E-state index in [-0.39, 0.29) is 0 Å². The lowest BCUT2D eigenvalue weighted by atomic mass is 10.2. The zero-order valence-electron chi connectivity index (χ0n) is 10.8. The highest BCUT2D eigenvalue weighted by molar-refractivity contribution is 9.10. The van der Waals surface area contributed by atoms with Gasteiger partial charge in [0.05, 0.1) is 0 Å². The summed E-state index contributed by atoms with van der Waals surface area (Å²) in [5, 5.41) is 3.35. The Morgan fingerprint density at radius 1 is 1.39 bits per heavy atom. The molecule has 0 aliphatic carbocycles. The van der Waals surface area contributed by atoms with Gasteiger partial charge in [-0.2, -0.15) is 0 Å². The minimum Gasteiger partial charge on any atom is -0.492 e. The quantitative estimate of drug-likeness (QED) is 0.743. The Morgan fingerprint density at radius 2 is 2.06 bits per heavy atom. The van der Waals surface area contributed by atoms with E-state index in [2.05, 4.69) is 28.2 Å². The lowest BCUT2D eigenvalue weighted by Gasteiger charge is -2.13. The van der Waals surface area contributed by atoms with Crippen molar-refractivity contribution in [3.63, 3.8) is 0 Å². The van der Waals surface area contributed by atoms with Crippen LogP contribution in [0.25, 0.3) is 0 Å². The average Bonchev–Trinajstić information content (AvgIpc) is 2.34. The highest BCUT2D eigenvalue weighted by Crippen LogP contribution is 2.15. The van der Waals surface area contributed by atoms with E-state index in [0.717, 1.165) is 28.9 Å². The predicted octanol–water partition coefficient (Wildman–Crippen LogP) is 2.57. The van der Waals surface area contributed by atoms with Crippen LogP contribution in [0.3, 0.4) is 0 Å². The first-order chi connectivity index (χ1) is 8.58. The fraction of sp³-hybridized carbons (Fsp3) is 0.538. The van der Waals surface area contributed by atoms with Crippen molar-refractivity contribution in [2.75, 3.05) is 25.2 Å². The summed E-state index contributed by atoms with van der Waals surface area (Å²) in [6.45, 7) is 3.54. The smallest absolute Gasteiger partial charge is 0.119 e. The summed E-state index contributed by atoms with van der Waals surface area (Å²) in [5.41, 5.74) is 0. The molecule has 18 heavy (non-hydrogen) atoms. The van der Waals surface area contributed by atoms with Crippen molar-refractivity contribution in [3.8, 4) is 5.75 Å². The monoisotopic (exact) mass is 333 g/mol. The van der Waals surface area contributed by atoms with E-state index in [1.54, 1.807) is 6.26 Å². The molecule has 1 aromatic carbocycles. The normalized spacial score (nSPS) is 14.2. The van der Waals surface area contributed by atoms with Crippen LogP contribution in [-0.2, 0) is 10.8 Å². The van der Waals surface area contributed by atoms with Crippen LogP contribution in [0, 0.1) is 0 Å². The van der Waals surface area contributed by atoms with Crippen LogP contribution in [0.4, 0.5) is 0 Å². The standard InChI is InChI=1S/C13H20BrNO2S/c1-11(7-10-18(2)16)15-8-9-17-13-5-3-12(14)4-6-13/h3-6,11,15H,7-10H2,1-2H3. The molecule has 0 spiro atoms. The zero-order chi connectivity index (χ0) is 13.4. The molecule has 102 valence electrons. The number of nitrogens with one attached hydrogen (secondary N) is 1. The largest absolute Gasteiger partial charge is 0.492 e. The van der Waals surface area contributed by atoms with Crippen molar-refractivity contribution >= 4 is 26.7 Å². The molecule has 5 heteroatoms. The van der Waals surface area contributed by atoms with E-state index >= 15 is 0 Å². The van der Waals surface area contributed by atoms with Crippen LogP contribution in [0.5, 0.6) is 5.75 Å². The lowest BCUT2D eigenvalue weighted by Crippen LogP contribution is -2.31. The molecule has 0 saturated heterocycles. The number of rotatable bonds is 8. The Bertz CT molecular complexity index is 370. The lowest BCUT2D eigenvalue weighted by molar-refractivity contribution is 0.306. The molecule has 0 aliphatic rings. The topological polar surface area (TPSA) is 38.3 Å². The van der Waals surface area contributed by atoms with Gasteiger partial charge in [-0.3, -0.25) is 4.21 Å². The van der Waals surface area contributed by atoms with Gasteiger partial charge in [-0.1, -0.05) is 15.9 Å². The second-order valence-corrected chi connectivity index (χ2v) is 6.69. The van der Waals surface area contributed by atoms with Gasteiger partial charge in [0.2, 0.25) is 0 Å². The molecule has 0 heterocycles. The SMILES string of the molecule is CC(CCS(C)=O)NCCOc1ccc(Br)cc1. The Labute approximate surface area is 120 Å². The zero-order valence-corrected chi connectivity index (χ0v) is 13.2. The van der Waals surface area contributed by atoms with Gasteiger partial charge in [-0.05, 0) is 37.6 Å². The fourth-order valence-corrected chi connectivity index (χ4v) is 2.40. The van der Waals surface area contributed by atoms with Gasteiger partial charge < -0.3 is 10.1 Å². The van der Waals surface area contributed by atoms with E-state index in [9.17, 15) is 4.21 Å². The number of hydrogen-bond acceptors (Lipinski definition) is 3. The third kappa shape index (κ3) is 7.13. The minimum atomic E-state index is -0.701. The molecule has 2 unspecified atom stereocenters. The summed E-state index contributed by atoms with van der Waals surface area (Å²) < 4.78 is 17.6. The number of hydrogen-bond donors (Lipinski definition) is 1. The summed E-state index contributed by atoms with van der Waals surface area (Å²) in [7, 11) is -0.701. The molecule has 1 aromatic rings. The maximum atomic E-state index is 10.9. The Kier molecular flexibility index (Phi) is 7.54. The van der Waals surface area contributed by atoms with E-state index in [1.807, 2.05) is 24.3 Å². The second kappa shape index (κ2) is 8.67. The van der Waals surface area contributed by atoms with Crippen molar-refractivity contribution in [2.45, 2.75) is 19.4 Å². The summed E-state index contributed by atoms with van der Waals surface area (Å²) in [6, 6.07) is 8.17. The molecular weight excluding hydrogens is 314 g/mol. The van der Waals surface area contributed by atoms with Crippen molar-refractivity contribution in [3.05, 3.63) is 28.7 Å². The molecule has 1 rings (SSSR count). The van der Waals surface area contributed by atoms with Gasteiger partial charge in [0.1, 0.15) is 12.4 Å².